The molecule has 11 heteroatoms. The lowest BCUT2D eigenvalue weighted by Crippen LogP contribution is -2.06. The second kappa shape index (κ2) is 9.09. The largest absolute Gasteiger partial charge is 0.434 e. The molecule has 3 rings (SSSR count). The van der Waals surface area contributed by atoms with Crippen molar-refractivity contribution in [1.29, 1.82) is 0 Å². The minimum atomic E-state index is -4.55. The molecule has 0 saturated heterocycles. The van der Waals surface area contributed by atoms with Gasteiger partial charge in [-0.1, -0.05) is 8.93 Å². The third-order valence-electron chi connectivity index (χ3n) is 3.70. The second-order valence-corrected chi connectivity index (χ2v) is 8.14. The Morgan fingerprint density at radius 2 is 2.00 bits per heavy atom. The molecule has 0 aromatic carbocycles. The van der Waals surface area contributed by atoms with Crippen molar-refractivity contribution in [3.8, 4) is 22.6 Å². The maximum absolute atomic E-state index is 13.1. The fraction of sp³-hybridized carbons (Fsp3) is 0.235. The summed E-state index contributed by atoms with van der Waals surface area (Å²) in [5, 5.41) is 0. The molecule has 0 radical (unpaired) electrons. The SMILES string of the molecule is O=c1ccc(-c2ccc(-c3nc(C(F)(F)F)cn3COCCSI)cn2)c[nH]1. The van der Waals surface area contributed by atoms with Gasteiger partial charge in [0.1, 0.15) is 12.6 Å². The number of hydrogen-bond donors (Lipinski definition) is 1. The highest BCUT2D eigenvalue weighted by Gasteiger charge is 2.35. The lowest BCUT2D eigenvalue weighted by molar-refractivity contribution is -0.141. The highest BCUT2D eigenvalue weighted by atomic mass is 127. The number of H-pyrrole nitrogens is 1. The number of rotatable bonds is 7. The van der Waals surface area contributed by atoms with E-state index in [-0.39, 0.29) is 18.1 Å². The van der Waals surface area contributed by atoms with Crippen molar-refractivity contribution >= 4 is 30.1 Å². The molecular weight excluding hydrogens is 508 g/mol. The van der Waals surface area contributed by atoms with Gasteiger partial charge >= 0.3 is 6.18 Å². The molecule has 1 N–H and O–H groups in total. The normalized spacial score (nSPS) is 11.7. The summed E-state index contributed by atoms with van der Waals surface area (Å²) in [4.78, 5) is 21.7. The van der Waals surface area contributed by atoms with Crippen molar-refractivity contribution in [1.82, 2.24) is 19.5 Å². The number of aromatic nitrogens is 4. The van der Waals surface area contributed by atoms with Crippen molar-refractivity contribution < 1.29 is 17.9 Å². The number of ether oxygens (including phenoxy) is 1. The third-order valence-corrected chi connectivity index (χ3v) is 5.35. The Morgan fingerprint density at radius 1 is 1.21 bits per heavy atom. The molecule has 0 spiro atoms. The topological polar surface area (TPSA) is 72.8 Å². The van der Waals surface area contributed by atoms with Crippen molar-refractivity contribution in [3.63, 3.8) is 0 Å². The summed E-state index contributed by atoms with van der Waals surface area (Å²) >= 11 is 2.12. The first-order chi connectivity index (χ1) is 13.4. The van der Waals surface area contributed by atoms with Crippen molar-refractivity contribution in [2.24, 2.45) is 0 Å². The highest BCUT2D eigenvalue weighted by Crippen LogP contribution is 2.31. The predicted octanol–water partition coefficient (Wildman–Crippen LogP) is 4.38. The zero-order chi connectivity index (χ0) is 20.1. The van der Waals surface area contributed by atoms with Gasteiger partial charge in [-0.15, -0.1) is 0 Å². The van der Waals surface area contributed by atoms with Crippen molar-refractivity contribution in [3.05, 3.63) is 58.9 Å². The number of alkyl halides is 3. The molecule has 0 aliphatic rings. The molecule has 0 bridgehead atoms. The standard InChI is InChI=1S/C17H14F3IN4O2S/c18-17(19,20)14-9-25(10-27-5-6-28-21)16(24-14)12-1-3-13(22-8-12)11-2-4-15(26)23-7-11/h1-4,7-9H,5-6,10H2,(H,23,26). The molecule has 148 valence electrons. The first-order valence-electron chi connectivity index (χ1n) is 7.99. The zero-order valence-electron chi connectivity index (χ0n) is 14.2. The van der Waals surface area contributed by atoms with E-state index in [0.717, 1.165) is 11.9 Å². The Bertz CT molecular complexity index is 969. The van der Waals surface area contributed by atoms with Gasteiger partial charge in [-0.3, -0.25) is 9.78 Å². The number of aromatic amines is 1. The van der Waals surface area contributed by atoms with E-state index in [1.807, 2.05) is 0 Å². The lowest BCUT2D eigenvalue weighted by atomic mass is 10.1. The smallest absolute Gasteiger partial charge is 0.360 e. The van der Waals surface area contributed by atoms with Gasteiger partial charge in [0.05, 0.1) is 12.3 Å². The molecule has 0 amide bonds. The van der Waals surface area contributed by atoms with Crippen LogP contribution in [0.1, 0.15) is 5.69 Å². The zero-order valence-corrected chi connectivity index (χ0v) is 17.2. The van der Waals surface area contributed by atoms with Gasteiger partial charge < -0.3 is 14.3 Å². The summed E-state index contributed by atoms with van der Waals surface area (Å²) in [7, 11) is 1.56. The van der Waals surface area contributed by atoms with Crippen LogP contribution >= 0.6 is 30.1 Å². The average molecular weight is 522 g/mol. The first kappa shape index (κ1) is 20.9. The van der Waals surface area contributed by atoms with Crippen LogP contribution in [0.4, 0.5) is 13.2 Å². The predicted molar refractivity (Wildman–Crippen MR) is 109 cm³/mol. The number of nitrogens with one attached hydrogen (secondary N) is 1. The van der Waals surface area contributed by atoms with E-state index in [1.165, 1.54) is 23.0 Å². The summed E-state index contributed by atoms with van der Waals surface area (Å²) in [6.07, 6.45) is -0.657. The average Bonchev–Trinajstić information content (AvgIpc) is 3.11. The molecule has 3 aromatic heterocycles. The van der Waals surface area contributed by atoms with Crippen molar-refractivity contribution in [2.45, 2.75) is 12.9 Å². The molecular formula is C17H14F3IN4O2S. The van der Waals surface area contributed by atoms with Crippen LogP contribution in [0.5, 0.6) is 0 Å². The molecule has 28 heavy (non-hydrogen) atoms. The maximum atomic E-state index is 13.1. The number of hydrogen-bond acceptors (Lipinski definition) is 5. The van der Waals surface area contributed by atoms with Crippen LogP contribution < -0.4 is 5.56 Å². The minimum absolute atomic E-state index is 0.0444. The number of pyridine rings is 2. The van der Waals surface area contributed by atoms with Crippen molar-refractivity contribution in [2.75, 3.05) is 12.4 Å². The van der Waals surface area contributed by atoms with Gasteiger partial charge in [0.15, 0.2) is 5.69 Å². The van der Waals surface area contributed by atoms with Crippen LogP contribution in [0.2, 0.25) is 0 Å². The summed E-state index contributed by atoms with van der Waals surface area (Å²) < 4.78 is 46.0. The van der Waals surface area contributed by atoms with E-state index in [1.54, 1.807) is 27.1 Å². The Hall–Kier alpha value is -1.86. The molecule has 3 heterocycles. The van der Waals surface area contributed by atoms with Gasteiger partial charge in [-0.2, -0.15) is 13.2 Å². The van der Waals surface area contributed by atoms with E-state index >= 15 is 0 Å². The number of halogens is 4. The van der Waals surface area contributed by atoms with Crippen LogP contribution in [0, 0.1) is 0 Å². The summed E-state index contributed by atoms with van der Waals surface area (Å²) in [5.74, 6) is 0.849. The molecule has 0 unspecified atom stereocenters. The van der Waals surface area contributed by atoms with Gasteiger partial charge in [0, 0.05) is 41.5 Å². The molecule has 0 saturated carbocycles. The number of nitrogens with zero attached hydrogens (tertiary/aromatic N) is 3. The van der Waals surface area contributed by atoms with E-state index in [4.69, 9.17) is 4.74 Å². The Kier molecular flexibility index (Phi) is 6.78. The summed E-state index contributed by atoms with van der Waals surface area (Å²) in [5.41, 5.74) is 0.465. The molecule has 0 aliphatic carbocycles. The van der Waals surface area contributed by atoms with Crippen LogP contribution in [0.15, 0.2) is 47.7 Å². The summed E-state index contributed by atoms with van der Waals surface area (Å²) in [6, 6.07) is 6.27. The summed E-state index contributed by atoms with van der Waals surface area (Å²) in [6.45, 7) is 0.368. The fourth-order valence-corrected chi connectivity index (χ4v) is 3.12. The molecule has 6 nitrogen and oxygen atoms in total. The Labute approximate surface area is 174 Å². The van der Waals surface area contributed by atoms with Crippen LogP contribution in [-0.4, -0.2) is 31.9 Å². The van der Waals surface area contributed by atoms with Gasteiger partial charge in [-0.25, -0.2) is 4.98 Å². The molecule has 3 aromatic rings. The Morgan fingerprint density at radius 3 is 2.61 bits per heavy atom. The van der Waals surface area contributed by atoms with E-state index in [0.29, 0.717) is 23.4 Å². The van der Waals surface area contributed by atoms with Gasteiger partial charge in [0.2, 0.25) is 5.56 Å². The van der Waals surface area contributed by atoms with Crippen LogP contribution in [-0.2, 0) is 17.6 Å². The lowest BCUT2D eigenvalue weighted by Gasteiger charge is -2.08. The first-order valence-corrected chi connectivity index (χ1v) is 11.5. The highest BCUT2D eigenvalue weighted by molar-refractivity contribution is 14.2. The van der Waals surface area contributed by atoms with Crippen LogP contribution in [0.3, 0.4) is 0 Å². The van der Waals surface area contributed by atoms with E-state index in [2.05, 4.69) is 36.2 Å². The second-order valence-electron chi connectivity index (χ2n) is 5.64. The van der Waals surface area contributed by atoms with Gasteiger partial charge in [0.25, 0.3) is 0 Å². The monoisotopic (exact) mass is 522 g/mol. The third kappa shape index (κ3) is 5.14. The molecule has 0 fully saturated rings. The fourth-order valence-electron chi connectivity index (χ4n) is 2.40. The minimum Gasteiger partial charge on any atom is -0.360 e. The number of imidazole rings is 1. The van der Waals surface area contributed by atoms with E-state index in [9.17, 15) is 18.0 Å². The van der Waals surface area contributed by atoms with Gasteiger partial charge in [-0.05, 0) is 39.4 Å². The van der Waals surface area contributed by atoms with E-state index < -0.39 is 11.9 Å². The molecule has 0 aliphatic heterocycles. The Balaban J connectivity index is 1.89. The maximum Gasteiger partial charge on any atom is 0.434 e. The quantitative estimate of drug-likeness (QED) is 0.369. The molecule has 0 atom stereocenters. The van der Waals surface area contributed by atoms with Crippen LogP contribution in [0.25, 0.3) is 22.6 Å².